The Bertz CT molecular complexity index is 700. The van der Waals surface area contributed by atoms with Crippen LogP contribution in [-0.4, -0.2) is 27.9 Å². The van der Waals surface area contributed by atoms with Crippen LogP contribution in [0.5, 0.6) is 5.75 Å². The molecule has 112 valence electrons. The Labute approximate surface area is 128 Å². The number of benzene rings is 2. The first-order valence-corrected chi connectivity index (χ1v) is 7.08. The predicted octanol–water partition coefficient (Wildman–Crippen LogP) is 2.13. The maximum Gasteiger partial charge on any atom is 0.252 e. The summed E-state index contributed by atoms with van der Waals surface area (Å²) in [6.45, 7) is 0.275. The van der Waals surface area contributed by atoms with Crippen molar-refractivity contribution in [2.24, 2.45) is 0 Å². The van der Waals surface area contributed by atoms with Crippen LogP contribution in [0.1, 0.15) is 12.0 Å². The summed E-state index contributed by atoms with van der Waals surface area (Å²) < 4.78 is 0. The van der Waals surface area contributed by atoms with Gasteiger partial charge in [-0.25, -0.2) is 0 Å². The zero-order valence-electron chi connectivity index (χ0n) is 11.9. The maximum absolute atomic E-state index is 12.4. The average Bonchev–Trinajstić information content (AvgIpc) is 2.78. The lowest BCUT2D eigenvalue weighted by atomic mass is 10.2. The molecule has 2 amide bonds. The van der Waals surface area contributed by atoms with Crippen molar-refractivity contribution in [1.29, 1.82) is 0 Å². The molecule has 0 bridgehead atoms. The van der Waals surface area contributed by atoms with Gasteiger partial charge in [-0.2, -0.15) is 0 Å². The second kappa shape index (κ2) is 5.89. The highest BCUT2D eigenvalue weighted by molar-refractivity contribution is 6.06. The molecular weight excluding hydrogens is 280 g/mol. The molecule has 0 aliphatic carbocycles. The number of hydrogen-bond acceptors (Lipinski definition) is 4. The number of nitrogens with zero attached hydrogens (tertiary/aromatic N) is 1. The number of rotatable bonds is 4. The van der Waals surface area contributed by atoms with Crippen molar-refractivity contribution in [2.45, 2.75) is 19.0 Å². The van der Waals surface area contributed by atoms with Crippen molar-refractivity contribution >= 4 is 17.5 Å². The zero-order chi connectivity index (χ0) is 15.5. The third-order valence-electron chi connectivity index (χ3n) is 3.66. The van der Waals surface area contributed by atoms with Crippen molar-refractivity contribution in [3.63, 3.8) is 0 Å². The number of carbonyl (C=O) groups is 2. The van der Waals surface area contributed by atoms with Crippen LogP contribution in [0.15, 0.2) is 54.6 Å². The molecule has 1 saturated heterocycles. The number of para-hydroxylation sites is 2. The molecule has 2 N–H and O–H groups in total. The van der Waals surface area contributed by atoms with Gasteiger partial charge < -0.3 is 10.4 Å². The molecule has 1 fully saturated rings. The van der Waals surface area contributed by atoms with E-state index in [1.807, 2.05) is 30.3 Å². The zero-order valence-corrected chi connectivity index (χ0v) is 11.9. The Morgan fingerprint density at radius 2 is 1.73 bits per heavy atom. The molecule has 1 aliphatic heterocycles. The lowest BCUT2D eigenvalue weighted by Crippen LogP contribution is -2.34. The van der Waals surface area contributed by atoms with E-state index < -0.39 is 6.04 Å². The SMILES string of the molecule is O=C1C[C@@H](Nc2ccccc2O)C(=O)N1Cc1ccccc1. The minimum absolute atomic E-state index is 0.0595. The number of aromatic hydroxyl groups is 1. The number of carbonyl (C=O) groups excluding carboxylic acids is 2. The van der Waals surface area contributed by atoms with Gasteiger partial charge in [-0.15, -0.1) is 0 Å². The summed E-state index contributed by atoms with van der Waals surface area (Å²) in [4.78, 5) is 25.7. The molecule has 1 heterocycles. The van der Waals surface area contributed by atoms with Crippen molar-refractivity contribution in [3.05, 3.63) is 60.2 Å². The van der Waals surface area contributed by atoms with Crippen LogP contribution in [0.2, 0.25) is 0 Å². The Morgan fingerprint density at radius 3 is 2.45 bits per heavy atom. The maximum atomic E-state index is 12.4. The van der Waals surface area contributed by atoms with Crippen molar-refractivity contribution in [2.75, 3.05) is 5.32 Å². The number of phenols is 1. The number of nitrogens with one attached hydrogen (secondary N) is 1. The van der Waals surface area contributed by atoms with Crippen LogP contribution in [-0.2, 0) is 16.1 Å². The van der Waals surface area contributed by atoms with Crippen LogP contribution < -0.4 is 5.32 Å². The first kappa shape index (κ1) is 14.1. The number of imide groups is 1. The largest absolute Gasteiger partial charge is 0.506 e. The second-order valence-corrected chi connectivity index (χ2v) is 5.22. The number of anilines is 1. The molecule has 0 spiro atoms. The minimum Gasteiger partial charge on any atom is -0.506 e. The molecule has 5 nitrogen and oxygen atoms in total. The van der Waals surface area contributed by atoms with Crippen LogP contribution in [0, 0.1) is 0 Å². The highest BCUT2D eigenvalue weighted by atomic mass is 16.3. The van der Waals surface area contributed by atoms with E-state index in [4.69, 9.17) is 0 Å². The first-order valence-electron chi connectivity index (χ1n) is 7.08. The van der Waals surface area contributed by atoms with E-state index in [0.717, 1.165) is 5.56 Å². The smallest absolute Gasteiger partial charge is 0.252 e. The van der Waals surface area contributed by atoms with Crippen LogP contribution in [0.4, 0.5) is 5.69 Å². The molecule has 5 heteroatoms. The van der Waals surface area contributed by atoms with E-state index in [9.17, 15) is 14.7 Å². The molecule has 22 heavy (non-hydrogen) atoms. The fourth-order valence-electron chi connectivity index (χ4n) is 2.51. The van der Waals surface area contributed by atoms with Gasteiger partial charge in [0.05, 0.1) is 18.7 Å². The van der Waals surface area contributed by atoms with Gasteiger partial charge in [-0.05, 0) is 17.7 Å². The van der Waals surface area contributed by atoms with Gasteiger partial charge in [0.25, 0.3) is 5.91 Å². The monoisotopic (exact) mass is 296 g/mol. The van der Waals surface area contributed by atoms with E-state index >= 15 is 0 Å². The second-order valence-electron chi connectivity index (χ2n) is 5.22. The summed E-state index contributed by atoms with van der Waals surface area (Å²) in [5.74, 6) is -0.414. The van der Waals surface area contributed by atoms with Gasteiger partial charge in [0.15, 0.2) is 0 Å². The van der Waals surface area contributed by atoms with Gasteiger partial charge in [0, 0.05) is 0 Å². The predicted molar refractivity (Wildman–Crippen MR) is 82.1 cm³/mol. The third kappa shape index (κ3) is 2.79. The van der Waals surface area contributed by atoms with Gasteiger partial charge in [0.2, 0.25) is 5.91 Å². The van der Waals surface area contributed by atoms with E-state index in [-0.39, 0.29) is 30.5 Å². The summed E-state index contributed by atoms with van der Waals surface area (Å²) in [6, 6.07) is 15.4. The van der Waals surface area contributed by atoms with Crippen molar-refractivity contribution in [3.8, 4) is 5.75 Å². The number of hydrogen-bond donors (Lipinski definition) is 2. The molecule has 2 aromatic carbocycles. The summed E-state index contributed by atoms with van der Waals surface area (Å²) in [5.41, 5.74) is 1.36. The van der Waals surface area contributed by atoms with Gasteiger partial charge >= 0.3 is 0 Å². The van der Waals surface area contributed by atoms with Gasteiger partial charge in [-0.3, -0.25) is 14.5 Å². The fourth-order valence-corrected chi connectivity index (χ4v) is 2.51. The van der Waals surface area contributed by atoms with Crippen LogP contribution in [0.3, 0.4) is 0 Å². The Hall–Kier alpha value is -2.82. The highest BCUT2D eigenvalue weighted by Gasteiger charge is 2.38. The van der Waals surface area contributed by atoms with E-state index in [1.165, 1.54) is 11.0 Å². The molecule has 1 aliphatic rings. The highest BCUT2D eigenvalue weighted by Crippen LogP contribution is 2.26. The van der Waals surface area contributed by atoms with Crippen LogP contribution >= 0.6 is 0 Å². The molecule has 0 radical (unpaired) electrons. The lowest BCUT2D eigenvalue weighted by Gasteiger charge is -2.16. The standard InChI is InChI=1S/C17H16N2O3/c20-15-9-5-4-8-13(15)18-14-10-16(21)19(17(14)22)11-12-6-2-1-3-7-12/h1-9,14,18,20H,10-11H2/t14-/m1/s1. The topological polar surface area (TPSA) is 69.6 Å². The van der Waals surface area contributed by atoms with E-state index in [0.29, 0.717) is 5.69 Å². The number of likely N-dealkylation sites (tertiary alicyclic amines) is 1. The third-order valence-corrected chi connectivity index (χ3v) is 3.66. The molecule has 0 unspecified atom stereocenters. The molecule has 0 aromatic heterocycles. The molecule has 0 saturated carbocycles. The van der Waals surface area contributed by atoms with Crippen molar-refractivity contribution in [1.82, 2.24) is 4.90 Å². The number of amides is 2. The Morgan fingerprint density at radius 1 is 1.05 bits per heavy atom. The van der Waals surface area contributed by atoms with Crippen LogP contribution in [0.25, 0.3) is 0 Å². The van der Waals surface area contributed by atoms with Gasteiger partial charge in [-0.1, -0.05) is 42.5 Å². The van der Waals surface area contributed by atoms with Crippen molar-refractivity contribution < 1.29 is 14.7 Å². The van der Waals surface area contributed by atoms with E-state index in [2.05, 4.69) is 5.32 Å². The summed E-state index contributed by atoms with van der Waals surface area (Å²) >= 11 is 0. The normalized spacial score (nSPS) is 17.8. The molecular formula is C17H16N2O3. The van der Waals surface area contributed by atoms with E-state index in [1.54, 1.807) is 18.2 Å². The summed E-state index contributed by atoms with van der Waals surface area (Å²) in [5, 5.41) is 12.7. The Kier molecular flexibility index (Phi) is 3.78. The lowest BCUT2D eigenvalue weighted by molar-refractivity contribution is -0.139. The molecule has 2 aromatic rings. The fraction of sp³-hybridized carbons (Fsp3) is 0.176. The van der Waals surface area contributed by atoms with Gasteiger partial charge in [0.1, 0.15) is 11.8 Å². The number of phenolic OH excluding ortho intramolecular Hbond substituents is 1. The summed E-state index contributed by atoms with van der Waals surface area (Å²) in [7, 11) is 0. The molecule has 3 rings (SSSR count). The average molecular weight is 296 g/mol. The quantitative estimate of drug-likeness (QED) is 0.670. The molecule has 1 atom stereocenters. The minimum atomic E-state index is -0.635. The first-order chi connectivity index (χ1) is 10.6. The summed E-state index contributed by atoms with van der Waals surface area (Å²) in [6.07, 6.45) is 0.0972. The Balaban J connectivity index is 1.73.